The standard InChI is InChI=1S/C19H30ClN2O4PS/c1-7-25-27(24,26-8-2)17-19(5,6)28-16(13(3)4)22(17)18(23)21-15-11-9-14(20)10-12-15/h9-13,16-17H,7-8H2,1-6H3,(H,21,23). The number of urea groups is 1. The van der Waals surface area contributed by atoms with E-state index in [0.29, 0.717) is 10.7 Å². The van der Waals surface area contributed by atoms with Crippen molar-refractivity contribution in [1.29, 1.82) is 0 Å². The van der Waals surface area contributed by atoms with Crippen LogP contribution in [0.15, 0.2) is 24.3 Å². The maximum Gasteiger partial charge on any atom is 0.354 e. The minimum atomic E-state index is -3.57. The summed E-state index contributed by atoms with van der Waals surface area (Å²) >= 11 is 7.56. The van der Waals surface area contributed by atoms with Crippen LogP contribution in [-0.4, -0.2) is 40.0 Å². The summed E-state index contributed by atoms with van der Waals surface area (Å²) in [6.07, 6.45) is 0. The molecule has 1 saturated heterocycles. The van der Waals surface area contributed by atoms with E-state index in [-0.39, 0.29) is 30.5 Å². The average Bonchev–Trinajstić information content (AvgIpc) is 2.90. The van der Waals surface area contributed by atoms with Gasteiger partial charge in [-0.25, -0.2) is 4.79 Å². The number of carbonyl (C=O) groups is 1. The summed E-state index contributed by atoms with van der Waals surface area (Å²) in [7, 11) is -3.57. The van der Waals surface area contributed by atoms with Gasteiger partial charge < -0.3 is 14.4 Å². The second kappa shape index (κ2) is 9.40. The number of anilines is 1. The van der Waals surface area contributed by atoms with Crippen LogP contribution in [0.3, 0.4) is 0 Å². The summed E-state index contributed by atoms with van der Waals surface area (Å²) in [4.78, 5) is 15.0. The molecule has 0 spiro atoms. The molecule has 0 aromatic heterocycles. The van der Waals surface area contributed by atoms with Crippen molar-refractivity contribution < 1.29 is 18.4 Å². The van der Waals surface area contributed by atoms with Gasteiger partial charge in [0.2, 0.25) is 0 Å². The van der Waals surface area contributed by atoms with Crippen LogP contribution < -0.4 is 5.32 Å². The fraction of sp³-hybridized carbons (Fsp3) is 0.632. The summed E-state index contributed by atoms with van der Waals surface area (Å²) in [5.41, 5.74) is 0.619. The molecule has 1 aromatic rings. The Labute approximate surface area is 177 Å². The molecule has 158 valence electrons. The van der Waals surface area contributed by atoms with Crippen molar-refractivity contribution in [2.45, 2.75) is 57.4 Å². The molecule has 1 N–H and O–H groups in total. The first kappa shape index (κ1) is 23.6. The Hall–Kier alpha value is -0.720. The van der Waals surface area contributed by atoms with E-state index in [4.69, 9.17) is 20.6 Å². The van der Waals surface area contributed by atoms with Gasteiger partial charge in [-0.15, -0.1) is 11.8 Å². The molecule has 0 aliphatic carbocycles. The van der Waals surface area contributed by atoms with Crippen LogP contribution in [0.2, 0.25) is 5.02 Å². The van der Waals surface area contributed by atoms with Gasteiger partial charge in [0.25, 0.3) is 0 Å². The number of amides is 2. The molecule has 1 heterocycles. The third-order valence-electron chi connectivity index (χ3n) is 4.40. The van der Waals surface area contributed by atoms with Crippen LogP contribution in [0.1, 0.15) is 41.5 Å². The molecule has 1 aliphatic heterocycles. The lowest BCUT2D eigenvalue weighted by atomic mass is 10.1. The third-order valence-corrected chi connectivity index (χ3v) is 9.40. The Bertz CT molecular complexity index is 719. The van der Waals surface area contributed by atoms with Gasteiger partial charge in [-0.2, -0.15) is 0 Å². The van der Waals surface area contributed by atoms with E-state index in [1.165, 1.54) is 0 Å². The van der Waals surface area contributed by atoms with Crippen LogP contribution in [0.25, 0.3) is 0 Å². The molecule has 2 rings (SSSR count). The van der Waals surface area contributed by atoms with Crippen LogP contribution in [0.5, 0.6) is 0 Å². The normalized spacial score (nSPS) is 21.9. The molecule has 9 heteroatoms. The molecule has 6 nitrogen and oxygen atoms in total. The van der Waals surface area contributed by atoms with Gasteiger partial charge >= 0.3 is 13.6 Å². The average molecular weight is 449 g/mol. The van der Waals surface area contributed by atoms with Gasteiger partial charge in [-0.1, -0.05) is 25.4 Å². The Morgan fingerprint density at radius 1 is 1.25 bits per heavy atom. The zero-order valence-electron chi connectivity index (χ0n) is 17.3. The first-order chi connectivity index (χ1) is 13.1. The molecule has 0 radical (unpaired) electrons. The molecule has 2 atom stereocenters. The molecule has 1 aliphatic rings. The molecular formula is C19H30ClN2O4PS. The predicted octanol–water partition coefficient (Wildman–Crippen LogP) is 6.27. The monoisotopic (exact) mass is 448 g/mol. The number of halogens is 1. The molecule has 1 aromatic carbocycles. The SMILES string of the molecule is CCOP(=O)(OCC)C1N(C(=O)Nc2ccc(Cl)cc2)C(C(C)C)SC1(C)C. The Morgan fingerprint density at radius 3 is 2.25 bits per heavy atom. The van der Waals surface area contributed by atoms with Crippen molar-refractivity contribution in [3.63, 3.8) is 0 Å². The van der Waals surface area contributed by atoms with Crippen LogP contribution in [0, 0.1) is 5.92 Å². The zero-order valence-corrected chi connectivity index (χ0v) is 19.7. The fourth-order valence-electron chi connectivity index (χ4n) is 3.38. The van der Waals surface area contributed by atoms with Gasteiger partial charge in [0, 0.05) is 15.5 Å². The van der Waals surface area contributed by atoms with Gasteiger partial charge in [-0.3, -0.25) is 9.46 Å². The molecule has 0 saturated carbocycles. The second-order valence-corrected chi connectivity index (χ2v) is 11.7. The van der Waals surface area contributed by atoms with E-state index < -0.39 is 18.1 Å². The lowest BCUT2D eigenvalue weighted by Crippen LogP contribution is -2.49. The first-order valence-electron chi connectivity index (χ1n) is 9.47. The minimum absolute atomic E-state index is 0.155. The molecule has 2 unspecified atom stereocenters. The van der Waals surface area contributed by atoms with Gasteiger partial charge in [-0.05, 0) is 57.9 Å². The quantitative estimate of drug-likeness (QED) is 0.497. The Kier molecular flexibility index (Phi) is 7.90. The number of rotatable bonds is 7. The summed E-state index contributed by atoms with van der Waals surface area (Å²) < 4.78 is 24.5. The maximum absolute atomic E-state index is 13.7. The van der Waals surface area contributed by atoms with E-state index in [1.54, 1.807) is 54.8 Å². The highest BCUT2D eigenvalue weighted by Crippen LogP contribution is 2.65. The third kappa shape index (κ3) is 5.06. The first-order valence-corrected chi connectivity index (χ1v) is 12.3. The predicted molar refractivity (Wildman–Crippen MR) is 117 cm³/mol. The van der Waals surface area contributed by atoms with E-state index in [0.717, 1.165) is 0 Å². The lowest BCUT2D eigenvalue weighted by Gasteiger charge is -2.37. The van der Waals surface area contributed by atoms with Crippen molar-refractivity contribution in [1.82, 2.24) is 4.90 Å². The number of carbonyl (C=O) groups excluding carboxylic acids is 1. The summed E-state index contributed by atoms with van der Waals surface area (Å²) in [5, 5.41) is 3.33. The molecule has 1 fully saturated rings. The number of hydrogen-bond donors (Lipinski definition) is 1. The number of nitrogens with zero attached hydrogens (tertiary/aromatic N) is 1. The topological polar surface area (TPSA) is 67.9 Å². The molecular weight excluding hydrogens is 419 g/mol. The summed E-state index contributed by atoms with van der Waals surface area (Å²) in [6.45, 7) is 12.1. The summed E-state index contributed by atoms with van der Waals surface area (Å²) in [5.74, 6) is -0.549. The smallest absolute Gasteiger partial charge is 0.308 e. The highest BCUT2D eigenvalue weighted by Gasteiger charge is 2.59. The van der Waals surface area contributed by atoms with E-state index in [9.17, 15) is 9.36 Å². The highest BCUT2D eigenvalue weighted by atomic mass is 35.5. The van der Waals surface area contributed by atoms with Crippen molar-refractivity contribution in [3.05, 3.63) is 29.3 Å². The zero-order chi connectivity index (χ0) is 21.1. The van der Waals surface area contributed by atoms with Crippen molar-refractivity contribution in [3.8, 4) is 0 Å². The maximum atomic E-state index is 13.7. The number of benzene rings is 1. The lowest BCUT2D eigenvalue weighted by molar-refractivity contribution is 0.153. The highest BCUT2D eigenvalue weighted by molar-refractivity contribution is 8.01. The van der Waals surface area contributed by atoms with Crippen LogP contribution >= 0.6 is 31.0 Å². The van der Waals surface area contributed by atoms with Gasteiger partial charge in [0.15, 0.2) is 5.78 Å². The van der Waals surface area contributed by atoms with Crippen molar-refractivity contribution in [2.24, 2.45) is 5.92 Å². The Balaban J connectivity index is 2.44. The fourth-order valence-corrected chi connectivity index (χ4v) is 8.02. The van der Waals surface area contributed by atoms with Crippen LogP contribution in [-0.2, 0) is 13.6 Å². The van der Waals surface area contributed by atoms with Crippen molar-refractivity contribution >= 4 is 42.7 Å². The van der Waals surface area contributed by atoms with Crippen molar-refractivity contribution in [2.75, 3.05) is 18.5 Å². The number of thioether (sulfide) groups is 1. The summed E-state index contributed by atoms with van der Waals surface area (Å²) in [6, 6.07) is 6.56. The number of nitrogens with one attached hydrogen (secondary N) is 1. The molecule has 2 amide bonds. The minimum Gasteiger partial charge on any atom is -0.308 e. The molecule has 0 bridgehead atoms. The van der Waals surface area contributed by atoms with E-state index in [1.807, 2.05) is 27.7 Å². The second-order valence-electron chi connectivity index (χ2n) is 7.45. The van der Waals surface area contributed by atoms with Crippen LogP contribution in [0.4, 0.5) is 10.5 Å². The largest absolute Gasteiger partial charge is 0.354 e. The Morgan fingerprint density at radius 2 is 1.79 bits per heavy atom. The number of hydrogen-bond acceptors (Lipinski definition) is 5. The van der Waals surface area contributed by atoms with E-state index >= 15 is 0 Å². The van der Waals surface area contributed by atoms with E-state index in [2.05, 4.69) is 5.32 Å². The van der Waals surface area contributed by atoms with Gasteiger partial charge in [0.1, 0.15) is 0 Å². The van der Waals surface area contributed by atoms with Gasteiger partial charge in [0.05, 0.1) is 18.6 Å². The molecule has 28 heavy (non-hydrogen) atoms.